The van der Waals surface area contributed by atoms with E-state index in [1.54, 1.807) is 0 Å². The Morgan fingerprint density at radius 3 is 2.53 bits per heavy atom. The van der Waals surface area contributed by atoms with Gasteiger partial charge in [-0.25, -0.2) is 4.39 Å². The predicted molar refractivity (Wildman–Crippen MR) is 70.3 cm³/mol. The maximum absolute atomic E-state index is 13.4. The fourth-order valence-electron chi connectivity index (χ4n) is 1.76. The van der Waals surface area contributed by atoms with Crippen LogP contribution in [0.25, 0.3) is 0 Å². The van der Waals surface area contributed by atoms with Crippen molar-refractivity contribution in [3.8, 4) is 5.75 Å². The van der Waals surface area contributed by atoms with E-state index >= 15 is 0 Å². The molecule has 2 nitrogen and oxygen atoms in total. The number of hydrogen-bond donors (Lipinski definition) is 1. The van der Waals surface area contributed by atoms with Crippen molar-refractivity contribution in [3.63, 3.8) is 0 Å². The number of hydrogen-bond acceptors (Lipinski definition) is 2. The summed E-state index contributed by atoms with van der Waals surface area (Å²) in [7, 11) is 0. The van der Waals surface area contributed by atoms with Crippen LogP contribution < -0.4 is 10.1 Å². The molecule has 0 unspecified atom stereocenters. The number of halogens is 3. The second kappa shape index (κ2) is 8.67. The van der Waals surface area contributed by atoms with Gasteiger partial charge in [-0.3, -0.25) is 0 Å². The largest absolute Gasteiger partial charge is 0.432 e. The normalized spacial score (nSPS) is 10.8. The predicted octanol–water partition coefficient (Wildman–Crippen LogP) is 4.81. The van der Waals surface area contributed by atoms with Crippen LogP contribution in [0.3, 0.4) is 0 Å². The van der Waals surface area contributed by atoms with Crippen LogP contribution in [0.1, 0.15) is 39.0 Å². The van der Waals surface area contributed by atoms with Crippen molar-refractivity contribution < 1.29 is 17.9 Å². The topological polar surface area (TPSA) is 21.3 Å². The molecule has 0 bridgehead atoms. The van der Waals surface area contributed by atoms with E-state index in [0.29, 0.717) is 5.69 Å². The van der Waals surface area contributed by atoms with Crippen molar-refractivity contribution in [3.05, 3.63) is 24.0 Å². The van der Waals surface area contributed by atoms with Crippen LogP contribution in [0.2, 0.25) is 0 Å². The van der Waals surface area contributed by atoms with Crippen molar-refractivity contribution in [2.75, 3.05) is 11.9 Å². The summed E-state index contributed by atoms with van der Waals surface area (Å²) in [6.45, 7) is -0.103. The standard InChI is InChI=1S/C14H20F3NO/c1-2-3-4-5-6-9-18-11-7-8-13(12(15)10-11)19-14(16)17/h7-8,10,14,18H,2-6,9H2,1H3. The smallest absolute Gasteiger partial charge is 0.387 e. The quantitative estimate of drug-likeness (QED) is 0.653. The second-order valence-corrected chi connectivity index (χ2v) is 4.36. The summed E-state index contributed by atoms with van der Waals surface area (Å²) < 4.78 is 41.3. The first-order chi connectivity index (χ1) is 9.13. The summed E-state index contributed by atoms with van der Waals surface area (Å²) in [5.41, 5.74) is 0.578. The molecule has 0 saturated carbocycles. The number of nitrogens with one attached hydrogen (secondary N) is 1. The number of unbranched alkanes of at least 4 members (excludes halogenated alkanes) is 4. The lowest BCUT2D eigenvalue weighted by Crippen LogP contribution is -2.05. The molecule has 1 aromatic carbocycles. The third-order valence-electron chi connectivity index (χ3n) is 2.76. The van der Waals surface area contributed by atoms with Crippen LogP contribution in [0.5, 0.6) is 5.75 Å². The summed E-state index contributed by atoms with van der Waals surface area (Å²) in [6, 6.07) is 3.91. The van der Waals surface area contributed by atoms with Crippen LogP contribution >= 0.6 is 0 Å². The molecule has 0 heterocycles. The van der Waals surface area contributed by atoms with E-state index < -0.39 is 18.2 Å². The van der Waals surface area contributed by atoms with Crippen LogP contribution in [0.4, 0.5) is 18.9 Å². The SMILES string of the molecule is CCCCCCCNc1ccc(OC(F)F)c(F)c1. The van der Waals surface area contributed by atoms with E-state index in [4.69, 9.17) is 0 Å². The number of rotatable bonds is 9. The Morgan fingerprint density at radius 1 is 1.16 bits per heavy atom. The molecule has 108 valence electrons. The highest BCUT2D eigenvalue weighted by molar-refractivity contribution is 5.47. The lowest BCUT2D eigenvalue weighted by molar-refractivity contribution is -0.0521. The number of alkyl halides is 2. The van der Waals surface area contributed by atoms with Crippen molar-refractivity contribution >= 4 is 5.69 Å². The average Bonchev–Trinajstić information content (AvgIpc) is 2.36. The molecule has 0 saturated heterocycles. The molecule has 0 aromatic heterocycles. The van der Waals surface area contributed by atoms with Gasteiger partial charge >= 0.3 is 6.61 Å². The number of ether oxygens (including phenoxy) is 1. The van der Waals surface area contributed by atoms with Gasteiger partial charge < -0.3 is 10.1 Å². The highest BCUT2D eigenvalue weighted by Crippen LogP contribution is 2.22. The fraction of sp³-hybridized carbons (Fsp3) is 0.571. The first kappa shape index (κ1) is 15.7. The molecule has 5 heteroatoms. The molecule has 0 aliphatic heterocycles. The van der Waals surface area contributed by atoms with E-state index in [1.807, 2.05) is 0 Å². The van der Waals surface area contributed by atoms with Gasteiger partial charge in [0.1, 0.15) is 0 Å². The Balaban J connectivity index is 2.33. The van der Waals surface area contributed by atoms with Gasteiger partial charge in [-0.05, 0) is 18.6 Å². The highest BCUT2D eigenvalue weighted by atomic mass is 19.3. The summed E-state index contributed by atoms with van der Waals surface area (Å²) in [5, 5.41) is 3.06. The van der Waals surface area contributed by atoms with Gasteiger partial charge in [-0.2, -0.15) is 8.78 Å². The molecule has 0 amide bonds. The lowest BCUT2D eigenvalue weighted by atomic mass is 10.1. The van der Waals surface area contributed by atoms with Crippen LogP contribution in [-0.2, 0) is 0 Å². The minimum absolute atomic E-state index is 0.427. The lowest BCUT2D eigenvalue weighted by Gasteiger charge is -2.09. The molecule has 0 atom stereocenters. The van der Waals surface area contributed by atoms with E-state index in [1.165, 1.54) is 37.5 Å². The van der Waals surface area contributed by atoms with Gasteiger partial charge in [-0.15, -0.1) is 0 Å². The Labute approximate surface area is 112 Å². The third kappa shape index (κ3) is 6.36. The molecule has 0 radical (unpaired) electrons. The Hall–Kier alpha value is -1.39. The minimum atomic E-state index is -3.01. The zero-order chi connectivity index (χ0) is 14.1. The van der Waals surface area contributed by atoms with E-state index in [9.17, 15) is 13.2 Å². The van der Waals surface area contributed by atoms with E-state index in [2.05, 4.69) is 17.0 Å². The third-order valence-corrected chi connectivity index (χ3v) is 2.76. The molecule has 0 aliphatic carbocycles. The summed E-state index contributed by atoms with van der Waals surface area (Å²) in [6.07, 6.45) is 5.78. The summed E-state index contributed by atoms with van der Waals surface area (Å²) in [4.78, 5) is 0. The van der Waals surface area contributed by atoms with Crippen LogP contribution in [0.15, 0.2) is 18.2 Å². The molecule has 0 fully saturated rings. The zero-order valence-corrected chi connectivity index (χ0v) is 11.1. The molecular formula is C14H20F3NO. The molecule has 1 N–H and O–H groups in total. The van der Waals surface area contributed by atoms with E-state index in [-0.39, 0.29) is 0 Å². The minimum Gasteiger partial charge on any atom is -0.432 e. The summed E-state index contributed by atoms with van der Waals surface area (Å²) >= 11 is 0. The van der Waals surface area contributed by atoms with Gasteiger partial charge in [-0.1, -0.05) is 32.6 Å². The second-order valence-electron chi connectivity index (χ2n) is 4.36. The Bertz CT molecular complexity index is 372. The number of anilines is 1. The highest BCUT2D eigenvalue weighted by Gasteiger charge is 2.09. The van der Waals surface area contributed by atoms with Crippen LogP contribution in [-0.4, -0.2) is 13.2 Å². The van der Waals surface area contributed by atoms with Gasteiger partial charge in [0.25, 0.3) is 0 Å². The maximum Gasteiger partial charge on any atom is 0.387 e. The summed E-state index contributed by atoms with van der Waals surface area (Å²) in [5.74, 6) is -1.21. The van der Waals surface area contributed by atoms with Gasteiger partial charge in [0.15, 0.2) is 11.6 Å². The van der Waals surface area contributed by atoms with E-state index in [0.717, 1.165) is 19.4 Å². The average molecular weight is 275 g/mol. The number of benzene rings is 1. The molecule has 1 rings (SSSR count). The molecular weight excluding hydrogens is 255 g/mol. The van der Waals surface area contributed by atoms with Gasteiger partial charge in [0, 0.05) is 18.3 Å². The Kier molecular flexibility index (Phi) is 7.15. The molecule has 1 aromatic rings. The van der Waals surface area contributed by atoms with Crippen molar-refractivity contribution in [1.29, 1.82) is 0 Å². The first-order valence-electron chi connectivity index (χ1n) is 6.61. The Morgan fingerprint density at radius 2 is 1.89 bits per heavy atom. The van der Waals surface area contributed by atoms with Crippen molar-refractivity contribution in [2.24, 2.45) is 0 Å². The van der Waals surface area contributed by atoms with Gasteiger partial charge in [0.2, 0.25) is 0 Å². The fourth-order valence-corrected chi connectivity index (χ4v) is 1.76. The molecule has 0 spiro atoms. The zero-order valence-electron chi connectivity index (χ0n) is 11.1. The van der Waals surface area contributed by atoms with Crippen molar-refractivity contribution in [2.45, 2.75) is 45.6 Å². The van der Waals surface area contributed by atoms with Gasteiger partial charge in [0.05, 0.1) is 0 Å². The monoisotopic (exact) mass is 275 g/mol. The maximum atomic E-state index is 13.4. The van der Waals surface area contributed by atoms with Crippen LogP contribution in [0, 0.1) is 5.82 Å². The van der Waals surface area contributed by atoms with Crippen molar-refractivity contribution in [1.82, 2.24) is 0 Å². The first-order valence-corrected chi connectivity index (χ1v) is 6.61. The molecule has 0 aliphatic rings. The molecule has 19 heavy (non-hydrogen) atoms.